The van der Waals surface area contributed by atoms with Crippen LogP contribution in [0.1, 0.15) is 26.7 Å². The topological polar surface area (TPSA) is 38.8 Å². The normalized spacial score (nSPS) is 27.9. The van der Waals surface area contributed by atoms with Crippen LogP contribution in [0.15, 0.2) is 0 Å². The van der Waals surface area contributed by atoms with Crippen LogP contribution < -0.4 is 0 Å². The summed E-state index contributed by atoms with van der Waals surface area (Å²) in [5.74, 6) is -0.141. The summed E-state index contributed by atoms with van der Waals surface area (Å²) >= 11 is 0. The lowest BCUT2D eigenvalue weighted by molar-refractivity contribution is -0.146. The highest BCUT2D eigenvalue weighted by molar-refractivity contribution is 5.69. The number of hydrogen-bond acceptors (Lipinski definition) is 4. The number of hydrogen-bond donors (Lipinski definition) is 0. The second kappa shape index (κ2) is 4.75. The van der Waals surface area contributed by atoms with Gasteiger partial charge in [0.15, 0.2) is 0 Å². The fourth-order valence-corrected chi connectivity index (χ4v) is 1.58. The molecular weight excluding hydrogens is 182 g/mol. The third-order valence-electron chi connectivity index (χ3n) is 2.75. The summed E-state index contributed by atoms with van der Waals surface area (Å²) in [7, 11) is 2.01. The third kappa shape index (κ3) is 2.69. The lowest BCUT2D eigenvalue weighted by Crippen LogP contribution is -2.39. The van der Waals surface area contributed by atoms with Crippen LogP contribution in [0, 0.1) is 0 Å². The van der Waals surface area contributed by atoms with Crippen LogP contribution >= 0.6 is 0 Å². The van der Waals surface area contributed by atoms with Gasteiger partial charge >= 0.3 is 5.97 Å². The summed E-state index contributed by atoms with van der Waals surface area (Å²) < 4.78 is 10.5. The first-order chi connectivity index (χ1) is 6.58. The second-order valence-electron chi connectivity index (χ2n) is 3.75. The molecule has 14 heavy (non-hydrogen) atoms. The largest absolute Gasteiger partial charge is 0.466 e. The summed E-state index contributed by atoms with van der Waals surface area (Å²) in [5.41, 5.74) is -0.285. The summed E-state index contributed by atoms with van der Waals surface area (Å²) in [6.07, 6.45) is 1.12. The molecule has 1 atom stereocenters. The van der Waals surface area contributed by atoms with E-state index in [0.717, 1.165) is 13.2 Å². The van der Waals surface area contributed by atoms with Crippen LogP contribution in [0.25, 0.3) is 0 Å². The Hall–Kier alpha value is -0.610. The zero-order valence-corrected chi connectivity index (χ0v) is 9.21. The second-order valence-corrected chi connectivity index (χ2v) is 3.75. The van der Waals surface area contributed by atoms with E-state index in [9.17, 15) is 4.79 Å². The molecule has 4 heteroatoms. The Bertz CT molecular complexity index is 208. The Morgan fingerprint density at radius 1 is 1.64 bits per heavy atom. The smallest absolute Gasteiger partial charge is 0.305 e. The highest BCUT2D eigenvalue weighted by Gasteiger charge is 2.35. The van der Waals surface area contributed by atoms with E-state index in [4.69, 9.17) is 9.47 Å². The lowest BCUT2D eigenvalue weighted by atomic mass is 10.1. The molecule has 4 nitrogen and oxygen atoms in total. The van der Waals surface area contributed by atoms with Gasteiger partial charge in [-0.3, -0.25) is 9.69 Å². The van der Waals surface area contributed by atoms with Crippen molar-refractivity contribution in [2.24, 2.45) is 0 Å². The summed E-state index contributed by atoms with van der Waals surface area (Å²) in [5, 5.41) is 0. The zero-order valence-electron chi connectivity index (χ0n) is 9.21. The third-order valence-corrected chi connectivity index (χ3v) is 2.75. The Balaban J connectivity index is 2.32. The molecule has 1 saturated heterocycles. The van der Waals surface area contributed by atoms with Gasteiger partial charge in [0.25, 0.3) is 0 Å². The molecule has 0 aromatic carbocycles. The van der Waals surface area contributed by atoms with Crippen LogP contribution in [-0.4, -0.2) is 43.4 Å². The lowest BCUT2D eigenvalue weighted by Gasteiger charge is -2.30. The standard InChI is InChI=1S/C10H19NO3/c1-4-13-9(12)5-6-10(2)11(3)7-8-14-10/h4-8H2,1-3H3. The van der Waals surface area contributed by atoms with Crippen LogP contribution in [-0.2, 0) is 14.3 Å². The van der Waals surface area contributed by atoms with Crippen molar-refractivity contribution >= 4 is 5.97 Å². The summed E-state index contributed by atoms with van der Waals surface area (Å²) in [4.78, 5) is 13.3. The van der Waals surface area contributed by atoms with Crippen molar-refractivity contribution in [3.8, 4) is 0 Å². The van der Waals surface area contributed by atoms with Crippen molar-refractivity contribution in [1.29, 1.82) is 0 Å². The predicted octanol–water partition coefficient (Wildman–Crippen LogP) is 1.01. The minimum atomic E-state index is -0.285. The minimum Gasteiger partial charge on any atom is -0.466 e. The first kappa shape index (κ1) is 11.5. The number of ether oxygens (including phenoxy) is 2. The minimum absolute atomic E-state index is 0.141. The molecule has 0 bridgehead atoms. The molecule has 0 spiro atoms. The van der Waals surface area contributed by atoms with E-state index in [1.54, 1.807) is 0 Å². The molecule has 0 N–H and O–H groups in total. The van der Waals surface area contributed by atoms with Crippen molar-refractivity contribution in [2.75, 3.05) is 26.8 Å². The predicted molar refractivity (Wildman–Crippen MR) is 52.9 cm³/mol. The molecule has 1 aliphatic heterocycles. The van der Waals surface area contributed by atoms with Gasteiger partial charge in [-0.15, -0.1) is 0 Å². The van der Waals surface area contributed by atoms with E-state index in [0.29, 0.717) is 19.4 Å². The first-order valence-corrected chi connectivity index (χ1v) is 5.09. The monoisotopic (exact) mass is 201 g/mol. The van der Waals surface area contributed by atoms with E-state index in [2.05, 4.69) is 4.90 Å². The molecule has 0 saturated carbocycles. The average molecular weight is 201 g/mol. The quantitative estimate of drug-likeness (QED) is 0.636. The van der Waals surface area contributed by atoms with E-state index in [1.807, 2.05) is 20.9 Å². The number of carbonyl (C=O) groups excluding carboxylic acids is 1. The van der Waals surface area contributed by atoms with E-state index in [1.165, 1.54) is 0 Å². The number of carbonyl (C=O) groups is 1. The molecule has 1 fully saturated rings. The fourth-order valence-electron chi connectivity index (χ4n) is 1.58. The number of esters is 1. The molecule has 0 aromatic heterocycles. The van der Waals surface area contributed by atoms with Gasteiger partial charge in [0.1, 0.15) is 5.72 Å². The van der Waals surface area contributed by atoms with Crippen molar-refractivity contribution < 1.29 is 14.3 Å². The SMILES string of the molecule is CCOC(=O)CCC1(C)OCCN1C. The van der Waals surface area contributed by atoms with Crippen LogP contribution in [0.2, 0.25) is 0 Å². The van der Waals surface area contributed by atoms with Gasteiger partial charge in [-0.2, -0.15) is 0 Å². The maximum Gasteiger partial charge on any atom is 0.305 e. The first-order valence-electron chi connectivity index (χ1n) is 5.09. The molecule has 1 unspecified atom stereocenters. The maximum atomic E-state index is 11.2. The van der Waals surface area contributed by atoms with Gasteiger partial charge in [0, 0.05) is 19.4 Å². The van der Waals surface area contributed by atoms with Crippen molar-refractivity contribution in [1.82, 2.24) is 4.90 Å². The molecule has 0 amide bonds. The van der Waals surface area contributed by atoms with Gasteiger partial charge in [-0.05, 0) is 20.9 Å². The van der Waals surface area contributed by atoms with Gasteiger partial charge < -0.3 is 9.47 Å². The molecule has 1 heterocycles. The molecule has 1 aliphatic rings. The van der Waals surface area contributed by atoms with Gasteiger partial charge in [-0.1, -0.05) is 0 Å². The fraction of sp³-hybridized carbons (Fsp3) is 0.900. The molecule has 0 aliphatic carbocycles. The highest BCUT2D eigenvalue weighted by Crippen LogP contribution is 2.26. The molecule has 0 aromatic rings. The van der Waals surface area contributed by atoms with Crippen molar-refractivity contribution in [3.05, 3.63) is 0 Å². The van der Waals surface area contributed by atoms with Crippen molar-refractivity contribution in [2.45, 2.75) is 32.4 Å². The van der Waals surface area contributed by atoms with Gasteiger partial charge in [0.2, 0.25) is 0 Å². The zero-order chi connectivity index (χ0) is 10.6. The molecular formula is C10H19NO3. The van der Waals surface area contributed by atoms with E-state index >= 15 is 0 Å². The summed E-state index contributed by atoms with van der Waals surface area (Å²) in [6, 6.07) is 0. The molecule has 0 radical (unpaired) electrons. The Morgan fingerprint density at radius 2 is 2.36 bits per heavy atom. The Kier molecular flexibility index (Phi) is 3.89. The Morgan fingerprint density at radius 3 is 2.86 bits per heavy atom. The Labute approximate surface area is 85.2 Å². The number of likely N-dealkylation sites (N-methyl/N-ethyl adjacent to an activating group) is 1. The van der Waals surface area contributed by atoms with E-state index in [-0.39, 0.29) is 11.7 Å². The maximum absolute atomic E-state index is 11.2. The van der Waals surface area contributed by atoms with Gasteiger partial charge in [-0.25, -0.2) is 0 Å². The number of rotatable bonds is 4. The molecule has 1 rings (SSSR count). The van der Waals surface area contributed by atoms with Crippen LogP contribution in [0.4, 0.5) is 0 Å². The highest BCUT2D eigenvalue weighted by atomic mass is 16.5. The summed E-state index contributed by atoms with van der Waals surface area (Å²) in [6.45, 7) is 5.96. The van der Waals surface area contributed by atoms with Crippen LogP contribution in [0.3, 0.4) is 0 Å². The van der Waals surface area contributed by atoms with Crippen molar-refractivity contribution in [3.63, 3.8) is 0 Å². The average Bonchev–Trinajstić information content (AvgIpc) is 2.46. The molecule has 82 valence electrons. The van der Waals surface area contributed by atoms with Crippen LogP contribution in [0.5, 0.6) is 0 Å². The van der Waals surface area contributed by atoms with E-state index < -0.39 is 0 Å². The number of nitrogens with zero attached hydrogens (tertiary/aromatic N) is 1. The van der Waals surface area contributed by atoms with Gasteiger partial charge in [0.05, 0.1) is 13.2 Å².